The van der Waals surface area contributed by atoms with Crippen molar-refractivity contribution in [1.29, 1.82) is 0 Å². The van der Waals surface area contributed by atoms with Crippen LogP contribution in [0, 0.1) is 11.6 Å². The molecule has 4 rings (SSSR count). The molecule has 0 aliphatic carbocycles. The molecule has 0 spiro atoms. The van der Waals surface area contributed by atoms with E-state index in [1.54, 1.807) is 12.1 Å². The van der Waals surface area contributed by atoms with E-state index in [-0.39, 0.29) is 37.3 Å². The Morgan fingerprint density at radius 3 is 1.19 bits per heavy atom. The minimum atomic E-state index is -0.607. The van der Waals surface area contributed by atoms with Crippen molar-refractivity contribution in [3.63, 3.8) is 0 Å². The van der Waals surface area contributed by atoms with E-state index in [0.29, 0.717) is 0 Å². The van der Waals surface area contributed by atoms with Gasteiger partial charge in [0.25, 0.3) is 11.8 Å². The summed E-state index contributed by atoms with van der Waals surface area (Å²) in [5, 5.41) is 0. The first-order valence-electron chi connectivity index (χ1n) is 11.7. The average molecular weight is 485 g/mol. The number of halogens is 2. The summed E-state index contributed by atoms with van der Waals surface area (Å²) in [6.07, 6.45) is 0. The molecule has 0 saturated carbocycles. The van der Waals surface area contributed by atoms with Gasteiger partial charge in [-0.2, -0.15) is 0 Å². The average Bonchev–Trinajstić information content (AvgIpc) is 2.91. The van der Waals surface area contributed by atoms with Crippen molar-refractivity contribution in [1.82, 2.24) is 9.80 Å². The van der Waals surface area contributed by atoms with E-state index in [0.717, 1.165) is 11.1 Å². The van der Waals surface area contributed by atoms with Gasteiger partial charge >= 0.3 is 0 Å². The minimum absolute atomic E-state index is 0.0385. The molecule has 2 amide bonds. The molecular formula is C30H26F2N2O2. The third-order valence-corrected chi connectivity index (χ3v) is 5.86. The Bertz CT molecular complexity index is 1210. The van der Waals surface area contributed by atoms with Crippen LogP contribution in [0.5, 0.6) is 0 Å². The Balaban J connectivity index is 1.61. The SMILES string of the molecule is O=C(c1ccccc1F)N(CCN(Cc1ccccc1)C(=O)c1ccccc1F)Cc1ccccc1. The van der Waals surface area contributed by atoms with Crippen molar-refractivity contribution < 1.29 is 18.4 Å². The van der Waals surface area contributed by atoms with Gasteiger partial charge in [-0.3, -0.25) is 9.59 Å². The van der Waals surface area contributed by atoms with Crippen LogP contribution in [0.2, 0.25) is 0 Å². The molecule has 0 heterocycles. The molecule has 36 heavy (non-hydrogen) atoms. The predicted octanol–water partition coefficient (Wildman–Crippen LogP) is 5.95. The predicted molar refractivity (Wildman–Crippen MR) is 135 cm³/mol. The Morgan fingerprint density at radius 1 is 0.500 bits per heavy atom. The van der Waals surface area contributed by atoms with E-state index in [1.807, 2.05) is 60.7 Å². The minimum Gasteiger partial charge on any atom is -0.332 e. The summed E-state index contributed by atoms with van der Waals surface area (Å²) in [6.45, 7) is 0.742. The van der Waals surface area contributed by atoms with Gasteiger partial charge in [0.05, 0.1) is 11.1 Å². The van der Waals surface area contributed by atoms with Crippen LogP contribution in [-0.2, 0) is 13.1 Å². The summed E-state index contributed by atoms with van der Waals surface area (Å²) in [5.41, 5.74) is 1.67. The molecular weight excluding hydrogens is 458 g/mol. The first-order valence-corrected chi connectivity index (χ1v) is 11.7. The van der Waals surface area contributed by atoms with Crippen LogP contribution in [-0.4, -0.2) is 34.7 Å². The highest BCUT2D eigenvalue weighted by molar-refractivity contribution is 5.95. The van der Waals surface area contributed by atoms with Gasteiger partial charge in [-0.05, 0) is 35.4 Å². The zero-order valence-corrected chi connectivity index (χ0v) is 19.7. The number of benzene rings is 4. The molecule has 0 aromatic heterocycles. The summed E-state index contributed by atoms with van der Waals surface area (Å²) in [4.78, 5) is 29.7. The Labute approximate surface area is 209 Å². The molecule has 4 aromatic rings. The molecule has 0 unspecified atom stereocenters. The first-order chi connectivity index (χ1) is 17.5. The molecule has 0 fully saturated rings. The van der Waals surface area contributed by atoms with Gasteiger partial charge in [-0.15, -0.1) is 0 Å². The third kappa shape index (κ3) is 6.21. The lowest BCUT2D eigenvalue weighted by Crippen LogP contribution is -2.41. The molecule has 6 heteroatoms. The summed E-state index contributed by atoms with van der Waals surface area (Å²) in [6, 6.07) is 30.4. The number of nitrogens with zero attached hydrogens (tertiary/aromatic N) is 2. The van der Waals surface area contributed by atoms with Crippen molar-refractivity contribution >= 4 is 11.8 Å². The number of rotatable bonds is 9. The maximum Gasteiger partial charge on any atom is 0.257 e. The number of carbonyl (C=O) groups is 2. The Kier molecular flexibility index (Phi) is 8.19. The molecule has 0 atom stereocenters. The highest BCUT2D eigenvalue weighted by Gasteiger charge is 2.24. The number of carbonyl (C=O) groups excluding carboxylic acids is 2. The lowest BCUT2D eigenvalue weighted by molar-refractivity contribution is 0.0639. The third-order valence-electron chi connectivity index (χ3n) is 5.86. The lowest BCUT2D eigenvalue weighted by Gasteiger charge is -2.29. The van der Waals surface area contributed by atoms with Gasteiger partial charge in [0.15, 0.2) is 0 Å². The Hall–Kier alpha value is -4.32. The maximum absolute atomic E-state index is 14.5. The second-order valence-corrected chi connectivity index (χ2v) is 8.38. The van der Waals surface area contributed by atoms with E-state index in [2.05, 4.69) is 0 Å². The summed E-state index contributed by atoms with van der Waals surface area (Å²) >= 11 is 0. The maximum atomic E-state index is 14.5. The van der Waals surface area contributed by atoms with Crippen LogP contribution in [0.15, 0.2) is 109 Å². The van der Waals surface area contributed by atoms with Crippen molar-refractivity contribution in [3.05, 3.63) is 143 Å². The fourth-order valence-corrected chi connectivity index (χ4v) is 3.96. The standard InChI is InChI=1S/C30H26F2N2O2/c31-27-17-9-7-15-25(27)29(35)33(21-23-11-3-1-4-12-23)19-20-34(22-24-13-5-2-6-14-24)30(36)26-16-8-10-18-28(26)32/h1-18H,19-22H2. The fraction of sp³-hybridized carbons (Fsp3) is 0.133. The molecule has 4 nitrogen and oxygen atoms in total. The molecule has 0 bridgehead atoms. The number of hydrogen-bond acceptors (Lipinski definition) is 2. The van der Waals surface area contributed by atoms with Crippen molar-refractivity contribution in [2.75, 3.05) is 13.1 Å². The fourth-order valence-electron chi connectivity index (χ4n) is 3.96. The van der Waals surface area contributed by atoms with Crippen LogP contribution in [0.3, 0.4) is 0 Å². The van der Waals surface area contributed by atoms with Gasteiger partial charge in [0.1, 0.15) is 11.6 Å². The smallest absolute Gasteiger partial charge is 0.257 e. The quantitative estimate of drug-likeness (QED) is 0.295. The highest BCUT2D eigenvalue weighted by Crippen LogP contribution is 2.16. The molecule has 0 radical (unpaired) electrons. The molecule has 0 saturated heterocycles. The highest BCUT2D eigenvalue weighted by atomic mass is 19.1. The molecule has 0 N–H and O–H groups in total. The van der Waals surface area contributed by atoms with Gasteiger partial charge in [-0.1, -0.05) is 84.9 Å². The Morgan fingerprint density at radius 2 is 0.833 bits per heavy atom. The largest absolute Gasteiger partial charge is 0.332 e. The van der Waals surface area contributed by atoms with Gasteiger partial charge in [-0.25, -0.2) is 8.78 Å². The molecule has 182 valence electrons. The van der Waals surface area contributed by atoms with E-state index < -0.39 is 23.4 Å². The second-order valence-electron chi connectivity index (χ2n) is 8.38. The van der Waals surface area contributed by atoms with Crippen LogP contribution in [0.1, 0.15) is 31.8 Å². The van der Waals surface area contributed by atoms with E-state index >= 15 is 0 Å². The lowest BCUT2D eigenvalue weighted by atomic mass is 10.1. The van der Waals surface area contributed by atoms with Crippen LogP contribution < -0.4 is 0 Å². The van der Waals surface area contributed by atoms with E-state index in [1.165, 1.54) is 46.2 Å². The van der Waals surface area contributed by atoms with Crippen molar-refractivity contribution in [3.8, 4) is 0 Å². The topological polar surface area (TPSA) is 40.6 Å². The number of amides is 2. The summed E-state index contributed by atoms with van der Waals surface area (Å²) in [5.74, 6) is -2.17. The van der Waals surface area contributed by atoms with Crippen molar-refractivity contribution in [2.24, 2.45) is 0 Å². The monoisotopic (exact) mass is 484 g/mol. The van der Waals surface area contributed by atoms with E-state index in [4.69, 9.17) is 0 Å². The molecule has 4 aromatic carbocycles. The zero-order valence-electron chi connectivity index (χ0n) is 19.7. The first kappa shape index (κ1) is 24.8. The van der Waals surface area contributed by atoms with Crippen molar-refractivity contribution in [2.45, 2.75) is 13.1 Å². The van der Waals surface area contributed by atoms with Crippen LogP contribution >= 0.6 is 0 Å². The second kappa shape index (κ2) is 11.9. The van der Waals surface area contributed by atoms with E-state index in [9.17, 15) is 18.4 Å². The normalized spacial score (nSPS) is 10.6. The van der Waals surface area contributed by atoms with Gasteiger partial charge in [0.2, 0.25) is 0 Å². The summed E-state index contributed by atoms with van der Waals surface area (Å²) < 4.78 is 28.9. The van der Waals surface area contributed by atoms with Gasteiger partial charge in [0, 0.05) is 26.2 Å². The number of hydrogen-bond donors (Lipinski definition) is 0. The molecule has 0 aliphatic rings. The van der Waals surface area contributed by atoms with Gasteiger partial charge < -0.3 is 9.80 Å². The van der Waals surface area contributed by atoms with Crippen LogP contribution in [0.25, 0.3) is 0 Å². The zero-order chi connectivity index (χ0) is 25.3. The molecule has 0 aliphatic heterocycles. The summed E-state index contributed by atoms with van der Waals surface area (Å²) in [7, 11) is 0. The van der Waals surface area contributed by atoms with Crippen LogP contribution in [0.4, 0.5) is 8.78 Å².